The highest BCUT2D eigenvalue weighted by molar-refractivity contribution is 8.18. The van der Waals surface area contributed by atoms with Crippen LogP contribution in [0.2, 0.25) is 0 Å². The van der Waals surface area contributed by atoms with Gasteiger partial charge in [0.2, 0.25) is 5.91 Å². The molecule has 2 fully saturated rings. The number of aryl methyl sites for hydroxylation is 1. The predicted octanol–water partition coefficient (Wildman–Crippen LogP) is 2.42. The lowest BCUT2D eigenvalue weighted by atomic mass is 9.96. The van der Waals surface area contributed by atoms with Crippen molar-refractivity contribution in [2.45, 2.75) is 48.9 Å². The zero-order valence-electron chi connectivity index (χ0n) is 21.8. The molecule has 2 aromatic heterocycles. The molecule has 2 unspecified atom stereocenters. The molecular weight excluding hydrogens is 524 g/mol. The fraction of sp³-hybridized carbons (Fsp3) is 0.462. The van der Waals surface area contributed by atoms with Crippen molar-refractivity contribution >= 4 is 54.2 Å². The van der Waals surface area contributed by atoms with Crippen LogP contribution >= 0.6 is 11.3 Å². The maximum atomic E-state index is 14.2. The molecule has 1 aromatic carbocycles. The first-order valence-corrected chi connectivity index (χ1v) is 16.3. The molecule has 10 nitrogen and oxygen atoms in total. The minimum absolute atomic E-state index is 0.156. The van der Waals surface area contributed by atoms with Crippen LogP contribution in [0.3, 0.4) is 0 Å². The van der Waals surface area contributed by atoms with Gasteiger partial charge in [-0.25, -0.2) is 19.5 Å². The van der Waals surface area contributed by atoms with E-state index in [1.165, 1.54) is 16.2 Å². The van der Waals surface area contributed by atoms with Gasteiger partial charge in [0, 0.05) is 50.1 Å². The monoisotopic (exact) mass is 558 g/mol. The summed E-state index contributed by atoms with van der Waals surface area (Å²) in [5, 5.41) is 12.6. The number of fused-ring (bicyclic) bond motifs is 1. The fourth-order valence-electron chi connectivity index (χ4n) is 5.33. The van der Waals surface area contributed by atoms with E-state index in [0.29, 0.717) is 16.4 Å². The Morgan fingerprint density at radius 1 is 1.26 bits per heavy atom. The van der Waals surface area contributed by atoms with Gasteiger partial charge in [-0.05, 0) is 64.1 Å². The molecule has 0 aliphatic carbocycles. The number of nitrogen functional groups attached to an aromatic ring is 1. The van der Waals surface area contributed by atoms with E-state index in [0.717, 1.165) is 53.0 Å². The number of nitrogens with zero attached hydrogens (tertiary/aromatic N) is 4. The highest BCUT2D eigenvalue weighted by Gasteiger charge is 2.43. The average Bonchev–Trinajstić information content (AvgIpc) is 3.60. The van der Waals surface area contributed by atoms with Gasteiger partial charge >= 0.3 is 5.97 Å². The number of likely N-dealkylation sites (tertiary alicyclic amines) is 1. The Kier molecular flexibility index (Phi) is 6.69. The maximum Gasteiger partial charge on any atom is 0.326 e. The lowest BCUT2D eigenvalue weighted by molar-refractivity contribution is -0.148. The van der Waals surface area contributed by atoms with Crippen molar-refractivity contribution in [3.8, 4) is 0 Å². The molecule has 0 saturated carbocycles. The van der Waals surface area contributed by atoms with Gasteiger partial charge in [-0.2, -0.15) is 0 Å². The Bertz CT molecular complexity index is 1480. The summed E-state index contributed by atoms with van der Waals surface area (Å²) in [6, 6.07) is 3.87. The fourth-order valence-corrected chi connectivity index (χ4v) is 8.89. The van der Waals surface area contributed by atoms with E-state index in [9.17, 15) is 18.9 Å². The molecule has 2 atom stereocenters. The number of nitrogens with one attached hydrogen (secondary N) is 1. The second-order valence-corrected chi connectivity index (χ2v) is 16.3. The van der Waals surface area contributed by atoms with Crippen LogP contribution in [-0.4, -0.2) is 80.3 Å². The zero-order chi connectivity index (χ0) is 27.3. The van der Waals surface area contributed by atoms with Gasteiger partial charge in [0.1, 0.15) is 16.1 Å². The number of benzene rings is 1. The van der Waals surface area contributed by atoms with Crippen molar-refractivity contribution in [1.29, 1.82) is 0 Å². The first kappa shape index (κ1) is 26.5. The van der Waals surface area contributed by atoms with Crippen LogP contribution in [0.4, 0.5) is 10.9 Å². The summed E-state index contributed by atoms with van der Waals surface area (Å²) < 4.78 is 17.9. The number of thiazole rings is 1. The molecule has 2 saturated heterocycles. The Balaban J connectivity index is 1.34. The van der Waals surface area contributed by atoms with Crippen LogP contribution in [0.5, 0.6) is 0 Å². The molecule has 0 bridgehead atoms. The Morgan fingerprint density at radius 3 is 2.71 bits per heavy atom. The summed E-state index contributed by atoms with van der Waals surface area (Å²) in [5.74, 6) is -1.01. The van der Waals surface area contributed by atoms with Gasteiger partial charge in [0.25, 0.3) is 0 Å². The lowest BCUT2D eigenvalue weighted by Crippen LogP contribution is -2.54. The quantitative estimate of drug-likeness (QED) is 0.383. The summed E-state index contributed by atoms with van der Waals surface area (Å²) in [7, 11) is -3.61. The SMILES string of the molecule is Cc1cc2c(N)nccc2cc1CC(C(=O)O)N1CCC(NS(C)(C)(=O)c2cnc(N3CCCC3)s2)C1=O. The largest absolute Gasteiger partial charge is 0.480 e. The number of hydrogen-bond donors (Lipinski definition) is 3. The molecule has 38 heavy (non-hydrogen) atoms. The third-order valence-corrected chi connectivity index (χ3v) is 12.3. The number of pyridine rings is 1. The summed E-state index contributed by atoms with van der Waals surface area (Å²) in [6.45, 7) is 4.04. The van der Waals surface area contributed by atoms with Crippen LogP contribution in [-0.2, 0) is 25.3 Å². The molecule has 12 heteroatoms. The minimum Gasteiger partial charge on any atom is -0.480 e. The second kappa shape index (κ2) is 9.58. The van der Waals surface area contributed by atoms with E-state index >= 15 is 0 Å². The second-order valence-electron chi connectivity index (χ2n) is 10.7. The lowest BCUT2D eigenvalue weighted by Gasteiger charge is -2.36. The molecule has 0 spiro atoms. The number of hydrogen-bond acceptors (Lipinski definition) is 8. The Labute approximate surface area is 225 Å². The molecule has 2 aliphatic heterocycles. The molecule has 4 N–H and O–H groups in total. The summed E-state index contributed by atoms with van der Waals surface area (Å²) in [6.07, 6.45) is 9.27. The summed E-state index contributed by atoms with van der Waals surface area (Å²) >= 11 is 1.39. The van der Waals surface area contributed by atoms with E-state index in [2.05, 4.69) is 19.6 Å². The average molecular weight is 559 g/mol. The number of aromatic nitrogens is 2. The number of anilines is 2. The van der Waals surface area contributed by atoms with Crippen LogP contribution in [0, 0.1) is 6.92 Å². The van der Waals surface area contributed by atoms with E-state index < -0.39 is 27.3 Å². The Hall–Kier alpha value is -3.09. The number of carboxylic acid groups (broad SMARTS) is 1. The number of nitrogens with two attached hydrogens (primary N) is 1. The van der Waals surface area contributed by atoms with Crippen molar-refractivity contribution in [2.24, 2.45) is 0 Å². The topological polar surface area (TPSA) is 142 Å². The first-order chi connectivity index (χ1) is 17.9. The molecule has 2 aliphatic rings. The van der Waals surface area contributed by atoms with E-state index in [1.54, 1.807) is 24.9 Å². The smallest absolute Gasteiger partial charge is 0.326 e. The number of rotatable bonds is 8. The maximum absolute atomic E-state index is 14.2. The predicted molar refractivity (Wildman–Crippen MR) is 151 cm³/mol. The van der Waals surface area contributed by atoms with Crippen molar-refractivity contribution in [1.82, 2.24) is 19.6 Å². The van der Waals surface area contributed by atoms with Gasteiger partial charge < -0.3 is 20.6 Å². The van der Waals surface area contributed by atoms with Crippen molar-refractivity contribution in [3.05, 3.63) is 41.7 Å². The van der Waals surface area contributed by atoms with Crippen molar-refractivity contribution < 1.29 is 18.9 Å². The van der Waals surface area contributed by atoms with Crippen molar-refractivity contribution in [2.75, 3.05) is 42.8 Å². The third-order valence-electron chi connectivity index (χ3n) is 7.49. The molecule has 3 aromatic rings. The number of carbonyl (C=O) groups excluding carboxylic acids is 1. The first-order valence-electron chi connectivity index (χ1n) is 12.7. The van der Waals surface area contributed by atoms with E-state index in [-0.39, 0.29) is 18.9 Å². The summed E-state index contributed by atoms with van der Waals surface area (Å²) in [4.78, 5) is 38.1. The number of aliphatic carboxylic acids is 1. The number of carboxylic acids is 1. The minimum atomic E-state index is -3.61. The van der Waals surface area contributed by atoms with Gasteiger partial charge in [-0.15, -0.1) is 0 Å². The molecule has 0 radical (unpaired) electrons. The third kappa shape index (κ3) is 4.99. The molecule has 1 amide bonds. The number of carbonyl (C=O) groups is 2. The van der Waals surface area contributed by atoms with Crippen molar-refractivity contribution in [3.63, 3.8) is 0 Å². The van der Waals surface area contributed by atoms with Gasteiger partial charge in [-0.3, -0.25) is 9.00 Å². The van der Waals surface area contributed by atoms with Crippen LogP contribution in [0.15, 0.2) is 34.8 Å². The molecule has 204 valence electrons. The molecular formula is C26H34N6O4S2. The van der Waals surface area contributed by atoms with E-state index in [1.807, 2.05) is 25.1 Å². The Morgan fingerprint density at radius 2 is 2.00 bits per heavy atom. The van der Waals surface area contributed by atoms with Gasteiger partial charge in [0.15, 0.2) is 5.13 Å². The summed E-state index contributed by atoms with van der Waals surface area (Å²) in [5.41, 5.74) is 7.71. The van der Waals surface area contributed by atoms with Crippen LogP contribution in [0.25, 0.3) is 10.8 Å². The highest BCUT2D eigenvalue weighted by Crippen LogP contribution is 2.37. The normalized spacial score (nSPS) is 20.1. The van der Waals surface area contributed by atoms with Gasteiger partial charge in [0.05, 0.1) is 12.2 Å². The van der Waals surface area contributed by atoms with E-state index in [4.69, 9.17) is 5.73 Å². The number of amides is 1. The van der Waals surface area contributed by atoms with Crippen LogP contribution in [0.1, 0.15) is 30.4 Å². The molecule has 5 rings (SSSR count). The van der Waals surface area contributed by atoms with Gasteiger partial charge in [-0.1, -0.05) is 17.4 Å². The standard InChI is InChI=1S/C26H34N6O4S2/c1-16-12-19-17(6-8-28-23(19)27)13-18(16)14-21(25(34)35)32-11-7-20(24(32)33)30-38(2,3,36)22-15-29-26(37-22)31-9-4-5-10-31/h6,8,12-13,15,20-21H,4-5,7,9-11,14H2,1-3H3,(H2,27,28)(H,30,36)(H,34,35). The molecule has 4 heterocycles. The zero-order valence-corrected chi connectivity index (χ0v) is 23.5. The highest BCUT2D eigenvalue weighted by atomic mass is 32.3. The van der Waals surface area contributed by atoms with Crippen LogP contribution < -0.4 is 15.4 Å².